The van der Waals surface area contributed by atoms with E-state index in [2.05, 4.69) is 4.90 Å². The molecular weight excluding hydrogens is 248 g/mol. The Hall–Kier alpha value is -0.120. The van der Waals surface area contributed by atoms with Gasteiger partial charge in [-0.2, -0.15) is 0 Å². The summed E-state index contributed by atoms with van der Waals surface area (Å²) < 4.78 is 0. The molecule has 3 aliphatic rings. The molecule has 116 valence electrons. The Morgan fingerprint density at radius 3 is 2.35 bits per heavy atom. The van der Waals surface area contributed by atoms with E-state index in [9.17, 15) is 5.11 Å². The molecule has 20 heavy (non-hydrogen) atoms. The standard InChI is InChI=1S/C17H32N2O/c18-14-16(8-4-2-1-3-5-9-16)17(20)10-12-19-11-6-7-15(19)13-17/h15,20H,1-14,18H2. The second kappa shape index (κ2) is 5.94. The Bertz CT molecular complexity index is 325. The third-order valence-corrected chi connectivity index (χ3v) is 6.57. The quantitative estimate of drug-likeness (QED) is 0.817. The fraction of sp³-hybridized carbons (Fsp3) is 1.00. The molecule has 0 radical (unpaired) electrons. The third-order valence-electron chi connectivity index (χ3n) is 6.57. The second-order valence-corrected chi connectivity index (χ2v) is 7.57. The Balaban J connectivity index is 1.78. The van der Waals surface area contributed by atoms with Crippen LogP contribution in [0.1, 0.15) is 70.6 Å². The van der Waals surface area contributed by atoms with Crippen molar-refractivity contribution < 1.29 is 5.11 Å². The van der Waals surface area contributed by atoms with Gasteiger partial charge >= 0.3 is 0 Å². The van der Waals surface area contributed by atoms with E-state index < -0.39 is 5.60 Å². The van der Waals surface area contributed by atoms with Crippen molar-refractivity contribution in [2.45, 2.75) is 82.3 Å². The highest BCUT2D eigenvalue weighted by Gasteiger charge is 2.52. The van der Waals surface area contributed by atoms with Crippen LogP contribution in [-0.2, 0) is 0 Å². The summed E-state index contributed by atoms with van der Waals surface area (Å²) in [7, 11) is 0. The predicted octanol–water partition coefficient (Wildman–Crippen LogP) is 2.67. The SMILES string of the molecule is NCC1(C2(O)CCN3CCCC3C2)CCCCCCC1. The molecule has 3 fully saturated rings. The number of rotatable bonds is 2. The first-order valence-electron chi connectivity index (χ1n) is 8.86. The Kier molecular flexibility index (Phi) is 4.40. The lowest BCUT2D eigenvalue weighted by molar-refractivity contribution is -0.137. The average Bonchev–Trinajstić information content (AvgIpc) is 2.86. The zero-order valence-corrected chi connectivity index (χ0v) is 12.9. The van der Waals surface area contributed by atoms with E-state index >= 15 is 0 Å². The normalized spacial score (nSPS) is 39.0. The van der Waals surface area contributed by atoms with Crippen LogP contribution < -0.4 is 5.73 Å². The van der Waals surface area contributed by atoms with Gasteiger partial charge in [-0.25, -0.2) is 0 Å². The zero-order valence-electron chi connectivity index (χ0n) is 12.9. The molecule has 1 saturated carbocycles. The maximum atomic E-state index is 11.5. The van der Waals surface area contributed by atoms with Crippen molar-refractivity contribution >= 4 is 0 Å². The van der Waals surface area contributed by atoms with Gasteiger partial charge in [0, 0.05) is 24.5 Å². The maximum Gasteiger partial charge on any atom is 0.0742 e. The lowest BCUT2D eigenvalue weighted by Gasteiger charge is -2.53. The Morgan fingerprint density at radius 1 is 0.950 bits per heavy atom. The van der Waals surface area contributed by atoms with Gasteiger partial charge in [0.15, 0.2) is 0 Å². The smallest absolute Gasteiger partial charge is 0.0742 e. The van der Waals surface area contributed by atoms with Crippen molar-refractivity contribution in [3.63, 3.8) is 0 Å². The monoisotopic (exact) mass is 280 g/mol. The van der Waals surface area contributed by atoms with Crippen molar-refractivity contribution in [3.05, 3.63) is 0 Å². The minimum absolute atomic E-state index is 0.00208. The highest BCUT2D eigenvalue weighted by molar-refractivity contribution is 5.06. The van der Waals surface area contributed by atoms with Crippen LogP contribution in [0.15, 0.2) is 0 Å². The number of hydrogen-bond acceptors (Lipinski definition) is 3. The molecule has 3 rings (SSSR count). The van der Waals surface area contributed by atoms with E-state index in [0.717, 1.165) is 32.2 Å². The first-order valence-corrected chi connectivity index (χ1v) is 8.86. The molecule has 2 heterocycles. The highest BCUT2D eigenvalue weighted by atomic mass is 16.3. The van der Waals surface area contributed by atoms with Gasteiger partial charge in [-0.05, 0) is 45.1 Å². The number of aliphatic hydroxyl groups is 1. The number of nitrogens with zero attached hydrogens (tertiary/aromatic N) is 1. The van der Waals surface area contributed by atoms with Gasteiger partial charge in [-0.1, -0.05) is 32.1 Å². The van der Waals surface area contributed by atoms with Crippen LogP contribution in [-0.4, -0.2) is 41.3 Å². The molecule has 3 nitrogen and oxygen atoms in total. The molecular formula is C17H32N2O. The van der Waals surface area contributed by atoms with E-state index in [-0.39, 0.29) is 5.41 Å². The van der Waals surface area contributed by atoms with Gasteiger partial charge < -0.3 is 15.7 Å². The van der Waals surface area contributed by atoms with Gasteiger partial charge in [0.05, 0.1) is 5.60 Å². The van der Waals surface area contributed by atoms with Gasteiger partial charge in [0.1, 0.15) is 0 Å². The largest absolute Gasteiger partial charge is 0.389 e. The lowest BCUT2D eigenvalue weighted by Crippen LogP contribution is -2.59. The van der Waals surface area contributed by atoms with Crippen LogP contribution >= 0.6 is 0 Å². The van der Waals surface area contributed by atoms with Crippen LogP contribution in [0.5, 0.6) is 0 Å². The van der Waals surface area contributed by atoms with Crippen LogP contribution in [0.2, 0.25) is 0 Å². The fourth-order valence-electron chi connectivity index (χ4n) is 5.16. The van der Waals surface area contributed by atoms with Gasteiger partial charge in [0.2, 0.25) is 0 Å². The maximum absolute atomic E-state index is 11.5. The van der Waals surface area contributed by atoms with Gasteiger partial charge in [0.25, 0.3) is 0 Å². The van der Waals surface area contributed by atoms with Crippen molar-refractivity contribution in [1.29, 1.82) is 0 Å². The second-order valence-electron chi connectivity index (χ2n) is 7.57. The molecule has 1 aliphatic carbocycles. The van der Waals surface area contributed by atoms with Crippen LogP contribution in [0.25, 0.3) is 0 Å². The summed E-state index contributed by atoms with van der Waals surface area (Å²) in [5, 5.41) is 11.5. The molecule has 2 atom stereocenters. The number of piperidine rings is 1. The first kappa shape index (κ1) is 14.8. The van der Waals surface area contributed by atoms with Crippen molar-refractivity contribution in [3.8, 4) is 0 Å². The summed E-state index contributed by atoms with van der Waals surface area (Å²) in [6, 6.07) is 0.627. The van der Waals surface area contributed by atoms with Crippen LogP contribution in [0.4, 0.5) is 0 Å². The Morgan fingerprint density at radius 2 is 1.65 bits per heavy atom. The summed E-state index contributed by atoms with van der Waals surface area (Å²) >= 11 is 0. The molecule has 0 aromatic carbocycles. The van der Waals surface area contributed by atoms with E-state index in [1.54, 1.807) is 0 Å². The molecule has 2 saturated heterocycles. The summed E-state index contributed by atoms with van der Waals surface area (Å²) in [6.07, 6.45) is 13.3. The average molecular weight is 280 g/mol. The summed E-state index contributed by atoms with van der Waals surface area (Å²) in [5.41, 5.74) is 5.74. The molecule has 0 bridgehead atoms. The number of fused-ring (bicyclic) bond motifs is 1. The van der Waals surface area contributed by atoms with E-state index in [0.29, 0.717) is 12.6 Å². The molecule has 3 heteroatoms. The molecule has 0 aromatic heterocycles. The number of nitrogens with two attached hydrogens (primary N) is 1. The summed E-state index contributed by atoms with van der Waals surface area (Å²) in [6.45, 7) is 3.01. The topological polar surface area (TPSA) is 49.5 Å². The van der Waals surface area contributed by atoms with E-state index in [4.69, 9.17) is 5.73 Å². The fourth-order valence-corrected chi connectivity index (χ4v) is 5.16. The first-order chi connectivity index (χ1) is 9.69. The molecule has 0 aromatic rings. The van der Waals surface area contributed by atoms with E-state index in [1.807, 2.05) is 0 Å². The molecule has 2 unspecified atom stereocenters. The molecule has 2 aliphatic heterocycles. The van der Waals surface area contributed by atoms with Gasteiger partial charge in [-0.3, -0.25) is 0 Å². The van der Waals surface area contributed by atoms with Crippen molar-refractivity contribution in [2.24, 2.45) is 11.1 Å². The van der Waals surface area contributed by atoms with Crippen molar-refractivity contribution in [1.82, 2.24) is 4.90 Å². The highest BCUT2D eigenvalue weighted by Crippen LogP contribution is 2.49. The minimum Gasteiger partial charge on any atom is -0.389 e. The predicted molar refractivity (Wildman–Crippen MR) is 82.6 cm³/mol. The molecule has 0 spiro atoms. The van der Waals surface area contributed by atoms with Crippen molar-refractivity contribution in [2.75, 3.05) is 19.6 Å². The summed E-state index contributed by atoms with van der Waals surface area (Å²) in [5.74, 6) is 0. The zero-order chi connectivity index (χ0) is 14.1. The van der Waals surface area contributed by atoms with Crippen LogP contribution in [0, 0.1) is 5.41 Å². The third kappa shape index (κ3) is 2.53. The number of hydrogen-bond donors (Lipinski definition) is 2. The van der Waals surface area contributed by atoms with Gasteiger partial charge in [-0.15, -0.1) is 0 Å². The molecule has 3 N–H and O–H groups in total. The van der Waals surface area contributed by atoms with Crippen LogP contribution in [0.3, 0.4) is 0 Å². The lowest BCUT2D eigenvalue weighted by atomic mass is 9.60. The molecule has 0 amide bonds. The Labute approximate surface area is 123 Å². The van der Waals surface area contributed by atoms with E-state index in [1.165, 1.54) is 51.5 Å². The summed E-state index contributed by atoms with van der Waals surface area (Å²) in [4.78, 5) is 2.60. The minimum atomic E-state index is -0.495.